The Morgan fingerprint density at radius 2 is 1.71 bits per heavy atom. The Labute approximate surface area is 127 Å². The van der Waals surface area contributed by atoms with Crippen LogP contribution >= 0.6 is 0 Å². The van der Waals surface area contributed by atoms with Gasteiger partial charge in [-0.15, -0.1) is 0 Å². The van der Waals surface area contributed by atoms with Gasteiger partial charge in [0, 0.05) is 26.4 Å². The minimum atomic E-state index is -2.88. The van der Waals surface area contributed by atoms with Crippen LogP contribution in [0.1, 0.15) is 18.4 Å². The lowest BCUT2D eigenvalue weighted by Crippen LogP contribution is -2.38. The van der Waals surface area contributed by atoms with Crippen molar-refractivity contribution in [3.8, 4) is 0 Å². The highest BCUT2D eigenvalue weighted by Gasteiger charge is 2.02. The van der Waals surface area contributed by atoms with Crippen LogP contribution in [-0.4, -0.2) is 46.5 Å². The molecule has 0 amide bonds. The zero-order valence-electron chi connectivity index (χ0n) is 12.8. The predicted octanol–water partition coefficient (Wildman–Crippen LogP) is 1.22. The lowest BCUT2D eigenvalue weighted by molar-refractivity contribution is 0.598. The van der Waals surface area contributed by atoms with Crippen LogP contribution in [-0.2, 0) is 16.3 Å². The number of guanidine groups is 1. The molecule has 0 heterocycles. The minimum Gasteiger partial charge on any atom is -0.356 e. The lowest BCUT2D eigenvalue weighted by atomic mass is 10.1. The first-order valence-corrected chi connectivity index (χ1v) is 9.23. The van der Waals surface area contributed by atoms with Crippen LogP contribution in [0.2, 0.25) is 0 Å². The molecule has 0 aliphatic carbocycles. The molecule has 0 fully saturated rings. The average molecular weight is 311 g/mol. The van der Waals surface area contributed by atoms with E-state index < -0.39 is 9.84 Å². The highest BCUT2D eigenvalue weighted by atomic mass is 32.2. The van der Waals surface area contributed by atoms with E-state index in [4.69, 9.17) is 0 Å². The Morgan fingerprint density at radius 3 is 2.29 bits per heavy atom. The van der Waals surface area contributed by atoms with Gasteiger partial charge in [0.15, 0.2) is 5.96 Å². The van der Waals surface area contributed by atoms with Gasteiger partial charge in [0.1, 0.15) is 9.84 Å². The van der Waals surface area contributed by atoms with Gasteiger partial charge in [0.25, 0.3) is 0 Å². The molecule has 0 spiro atoms. The van der Waals surface area contributed by atoms with Gasteiger partial charge in [-0.05, 0) is 24.8 Å². The first-order valence-electron chi connectivity index (χ1n) is 7.17. The molecule has 1 aromatic rings. The molecule has 0 saturated carbocycles. The Morgan fingerprint density at radius 1 is 1.10 bits per heavy atom. The second-order valence-corrected chi connectivity index (χ2v) is 7.26. The fourth-order valence-corrected chi connectivity index (χ4v) is 2.57. The zero-order chi connectivity index (χ0) is 15.6. The molecular weight excluding hydrogens is 286 g/mol. The molecule has 0 unspecified atom stereocenters. The van der Waals surface area contributed by atoms with Crippen molar-refractivity contribution in [2.75, 3.05) is 32.1 Å². The molecule has 1 aromatic carbocycles. The van der Waals surface area contributed by atoms with Crippen LogP contribution in [0.15, 0.2) is 35.3 Å². The lowest BCUT2D eigenvalue weighted by Gasteiger charge is -2.11. The van der Waals surface area contributed by atoms with E-state index in [1.165, 1.54) is 11.8 Å². The van der Waals surface area contributed by atoms with Gasteiger partial charge < -0.3 is 10.6 Å². The van der Waals surface area contributed by atoms with Gasteiger partial charge in [0.2, 0.25) is 0 Å². The molecule has 0 aliphatic heterocycles. The van der Waals surface area contributed by atoms with E-state index in [0.717, 1.165) is 25.3 Å². The molecule has 5 nitrogen and oxygen atoms in total. The monoisotopic (exact) mass is 311 g/mol. The van der Waals surface area contributed by atoms with E-state index >= 15 is 0 Å². The van der Waals surface area contributed by atoms with Crippen molar-refractivity contribution >= 4 is 15.8 Å². The highest BCUT2D eigenvalue weighted by Crippen LogP contribution is 2.01. The third-order valence-electron chi connectivity index (χ3n) is 2.99. The Bertz CT molecular complexity index is 527. The van der Waals surface area contributed by atoms with Crippen molar-refractivity contribution in [1.82, 2.24) is 10.6 Å². The van der Waals surface area contributed by atoms with Crippen LogP contribution in [0.25, 0.3) is 0 Å². The van der Waals surface area contributed by atoms with Crippen molar-refractivity contribution in [1.29, 1.82) is 0 Å². The normalized spacial score (nSPS) is 12.2. The fourth-order valence-electron chi connectivity index (χ4n) is 1.91. The van der Waals surface area contributed by atoms with Gasteiger partial charge in [0.05, 0.1) is 5.75 Å². The first-order chi connectivity index (χ1) is 10.0. The number of hydrogen-bond donors (Lipinski definition) is 2. The number of nitrogens with one attached hydrogen (secondary N) is 2. The summed E-state index contributed by atoms with van der Waals surface area (Å²) < 4.78 is 22.0. The van der Waals surface area contributed by atoms with Crippen LogP contribution < -0.4 is 10.6 Å². The molecule has 21 heavy (non-hydrogen) atoms. The third kappa shape index (κ3) is 9.07. The number of sulfone groups is 1. The summed E-state index contributed by atoms with van der Waals surface area (Å²) in [4.78, 5) is 4.11. The van der Waals surface area contributed by atoms with Crippen molar-refractivity contribution in [3.05, 3.63) is 35.9 Å². The van der Waals surface area contributed by atoms with Crippen LogP contribution in [0.3, 0.4) is 0 Å². The Kier molecular flexibility index (Phi) is 7.82. The van der Waals surface area contributed by atoms with Crippen LogP contribution in [0, 0.1) is 0 Å². The largest absolute Gasteiger partial charge is 0.356 e. The van der Waals surface area contributed by atoms with E-state index in [2.05, 4.69) is 27.8 Å². The maximum absolute atomic E-state index is 11.0. The van der Waals surface area contributed by atoms with E-state index in [9.17, 15) is 8.42 Å². The average Bonchev–Trinajstić information content (AvgIpc) is 2.45. The van der Waals surface area contributed by atoms with E-state index in [1.807, 2.05) is 18.2 Å². The van der Waals surface area contributed by atoms with Gasteiger partial charge in [-0.3, -0.25) is 4.99 Å². The number of nitrogens with zero attached hydrogens (tertiary/aromatic N) is 1. The summed E-state index contributed by atoms with van der Waals surface area (Å²) in [5, 5.41) is 6.34. The maximum atomic E-state index is 11.0. The van der Waals surface area contributed by atoms with Crippen LogP contribution in [0.5, 0.6) is 0 Å². The molecule has 0 bridgehead atoms. The summed E-state index contributed by atoms with van der Waals surface area (Å²) in [6.45, 7) is 1.44. The third-order valence-corrected chi connectivity index (χ3v) is 4.02. The highest BCUT2D eigenvalue weighted by molar-refractivity contribution is 7.90. The quantitative estimate of drug-likeness (QED) is 0.430. The maximum Gasteiger partial charge on any atom is 0.190 e. The molecular formula is C15H25N3O2S. The SMILES string of the molecule is CN=C(NCCCc1ccccc1)NCCCS(C)(=O)=O. The molecule has 118 valence electrons. The summed E-state index contributed by atoms with van der Waals surface area (Å²) >= 11 is 0. The molecule has 0 aliphatic rings. The second kappa shape index (κ2) is 9.39. The molecule has 2 N–H and O–H groups in total. The van der Waals surface area contributed by atoms with E-state index in [1.54, 1.807) is 7.05 Å². The number of aryl methyl sites for hydroxylation is 1. The molecule has 6 heteroatoms. The standard InChI is InChI=1S/C15H25N3O2S/c1-16-15(18-12-7-13-21(2,19)20)17-11-6-10-14-8-4-3-5-9-14/h3-5,8-9H,6-7,10-13H2,1-2H3,(H2,16,17,18). The van der Waals surface area contributed by atoms with E-state index in [-0.39, 0.29) is 5.75 Å². The number of rotatable bonds is 8. The van der Waals surface area contributed by atoms with Crippen LogP contribution in [0.4, 0.5) is 0 Å². The smallest absolute Gasteiger partial charge is 0.190 e. The zero-order valence-corrected chi connectivity index (χ0v) is 13.6. The van der Waals surface area contributed by atoms with Gasteiger partial charge in [-0.2, -0.15) is 0 Å². The van der Waals surface area contributed by atoms with Crippen molar-refractivity contribution in [3.63, 3.8) is 0 Å². The molecule has 1 rings (SSSR count). The van der Waals surface area contributed by atoms with Gasteiger partial charge >= 0.3 is 0 Å². The van der Waals surface area contributed by atoms with Crippen molar-refractivity contribution in [2.24, 2.45) is 4.99 Å². The Balaban J connectivity index is 2.14. The predicted molar refractivity (Wildman–Crippen MR) is 88.5 cm³/mol. The minimum absolute atomic E-state index is 0.199. The second-order valence-electron chi connectivity index (χ2n) is 5.00. The van der Waals surface area contributed by atoms with Gasteiger partial charge in [-0.1, -0.05) is 30.3 Å². The summed E-state index contributed by atoms with van der Waals surface area (Å²) in [7, 11) is -1.17. The molecule has 0 radical (unpaired) electrons. The number of hydrogen-bond acceptors (Lipinski definition) is 3. The van der Waals surface area contributed by atoms with Gasteiger partial charge in [-0.25, -0.2) is 8.42 Å². The molecule has 0 saturated heterocycles. The number of aliphatic imine (C=N–C) groups is 1. The first kappa shape index (κ1) is 17.5. The number of benzene rings is 1. The summed E-state index contributed by atoms with van der Waals surface area (Å²) in [6, 6.07) is 10.4. The summed E-state index contributed by atoms with van der Waals surface area (Å²) in [5.74, 6) is 0.918. The van der Waals surface area contributed by atoms with Crippen molar-refractivity contribution in [2.45, 2.75) is 19.3 Å². The fraction of sp³-hybridized carbons (Fsp3) is 0.533. The van der Waals surface area contributed by atoms with Crippen molar-refractivity contribution < 1.29 is 8.42 Å². The summed E-state index contributed by atoms with van der Waals surface area (Å²) in [5.41, 5.74) is 1.33. The molecule has 0 aromatic heterocycles. The Hall–Kier alpha value is -1.56. The topological polar surface area (TPSA) is 70.6 Å². The summed E-state index contributed by atoms with van der Waals surface area (Å²) in [6.07, 6.45) is 3.89. The molecule has 0 atom stereocenters. The van der Waals surface area contributed by atoms with E-state index in [0.29, 0.717) is 13.0 Å².